The molecule has 2 aromatic carbocycles. The minimum Gasteiger partial charge on any atom is -0.376 e. The van der Waals surface area contributed by atoms with E-state index in [9.17, 15) is 9.18 Å². The maximum atomic E-state index is 14.1. The fraction of sp³-hybridized carbons (Fsp3) is 0.263. The molecule has 4 rings (SSSR count). The van der Waals surface area contributed by atoms with E-state index in [0.717, 1.165) is 21.1 Å². The summed E-state index contributed by atoms with van der Waals surface area (Å²) in [6.45, 7) is 1.13. The number of hydrogen-bond donors (Lipinski definition) is 0. The summed E-state index contributed by atoms with van der Waals surface area (Å²) in [6.07, 6.45) is 1.89. The monoisotopic (exact) mass is 482 g/mol. The summed E-state index contributed by atoms with van der Waals surface area (Å²) < 4.78 is 21.4. The van der Waals surface area contributed by atoms with Crippen LogP contribution < -0.4 is 4.90 Å². The number of amides is 1. The third-order valence-electron chi connectivity index (χ3n) is 4.35. The van der Waals surface area contributed by atoms with Crippen molar-refractivity contribution in [2.75, 3.05) is 18.1 Å². The van der Waals surface area contributed by atoms with E-state index in [1.54, 1.807) is 17.0 Å². The lowest BCUT2D eigenvalue weighted by Gasteiger charge is -2.23. The number of para-hydroxylation sites is 1. The lowest BCUT2D eigenvalue weighted by Crippen LogP contribution is -2.37. The number of hydrogen-bond acceptors (Lipinski definition) is 4. The smallest absolute Gasteiger partial charge is 0.261 e. The highest BCUT2D eigenvalue weighted by molar-refractivity contribution is 14.1. The van der Waals surface area contributed by atoms with Crippen molar-refractivity contribution < 1.29 is 13.9 Å². The summed E-state index contributed by atoms with van der Waals surface area (Å²) in [6, 6.07) is 12.3. The van der Waals surface area contributed by atoms with Gasteiger partial charge in [-0.1, -0.05) is 29.5 Å². The van der Waals surface area contributed by atoms with Crippen LogP contribution in [-0.4, -0.2) is 30.1 Å². The predicted octanol–water partition coefficient (Wildman–Crippen LogP) is 4.87. The van der Waals surface area contributed by atoms with Crippen LogP contribution in [0, 0.1) is 9.39 Å². The van der Waals surface area contributed by atoms with Crippen molar-refractivity contribution in [2.45, 2.75) is 18.9 Å². The number of carbonyl (C=O) groups is 1. The van der Waals surface area contributed by atoms with Crippen LogP contribution in [0.25, 0.3) is 10.2 Å². The number of carbonyl (C=O) groups excluding carboxylic acids is 1. The molecule has 1 aromatic heterocycles. The Morgan fingerprint density at radius 2 is 2.15 bits per heavy atom. The predicted molar refractivity (Wildman–Crippen MR) is 109 cm³/mol. The number of fused-ring (bicyclic) bond motifs is 1. The molecule has 1 aliphatic rings. The Bertz CT molecular complexity index is 956. The molecule has 3 aromatic rings. The van der Waals surface area contributed by atoms with Crippen molar-refractivity contribution in [1.29, 1.82) is 0 Å². The Kier molecular flexibility index (Phi) is 5.19. The molecule has 1 atom stereocenters. The highest BCUT2D eigenvalue weighted by Crippen LogP contribution is 2.32. The van der Waals surface area contributed by atoms with Crippen molar-refractivity contribution in [3.05, 3.63) is 57.4 Å². The van der Waals surface area contributed by atoms with Crippen molar-refractivity contribution in [3.8, 4) is 0 Å². The molecular formula is C19H16FIN2O2S. The molecule has 2 heterocycles. The molecule has 134 valence electrons. The van der Waals surface area contributed by atoms with Gasteiger partial charge in [-0.25, -0.2) is 9.37 Å². The minimum atomic E-state index is -0.371. The first-order valence-corrected chi connectivity index (χ1v) is 10.3. The maximum Gasteiger partial charge on any atom is 0.261 e. The van der Waals surface area contributed by atoms with E-state index in [-0.39, 0.29) is 17.8 Å². The summed E-state index contributed by atoms with van der Waals surface area (Å²) >= 11 is 3.48. The molecule has 7 heteroatoms. The Hall–Kier alpha value is -1.58. The first kappa shape index (κ1) is 17.8. The average Bonchev–Trinajstić information content (AvgIpc) is 3.29. The standard InChI is InChI=1S/C19H16FIN2O2S/c20-14-7-3-9-16-17(14)22-19(26-16)23(11-12-5-4-10-25-12)18(24)13-6-1-2-8-15(13)21/h1-3,6-9,12H,4-5,10-11H2. The molecule has 26 heavy (non-hydrogen) atoms. The minimum absolute atomic E-state index is 0.0165. The van der Waals surface area contributed by atoms with Gasteiger partial charge < -0.3 is 4.74 Å². The van der Waals surface area contributed by atoms with Gasteiger partial charge in [-0.05, 0) is 59.7 Å². The third kappa shape index (κ3) is 3.47. The van der Waals surface area contributed by atoms with Crippen LogP contribution >= 0.6 is 33.9 Å². The molecule has 4 nitrogen and oxygen atoms in total. The molecule has 1 amide bonds. The molecular weight excluding hydrogens is 466 g/mol. The molecule has 1 fully saturated rings. The van der Waals surface area contributed by atoms with E-state index >= 15 is 0 Å². The number of rotatable bonds is 4. The molecule has 0 N–H and O–H groups in total. The second-order valence-electron chi connectivity index (χ2n) is 6.11. The zero-order chi connectivity index (χ0) is 18.1. The number of aromatic nitrogens is 1. The Morgan fingerprint density at radius 1 is 1.31 bits per heavy atom. The van der Waals surface area contributed by atoms with Gasteiger partial charge in [0.1, 0.15) is 11.3 Å². The molecule has 0 radical (unpaired) electrons. The van der Waals surface area contributed by atoms with Crippen LogP contribution in [0.2, 0.25) is 0 Å². The van der Waals surface area contributed by atoms with Gasteiger partial charge in [0.2, 0.25) is 0 Å². The van der Waals surface area contributed by atoms with Gasteiger partial charge in [0, 0.05) is 10.2 Å². The molecule has 0 aliphatic carbocycles. The van der Waals surface area contributed by atoms with Gasteiger partial charge in [0.25, 0.3) is 5.91 Å². The summed E-state index contributed by atoms with van der Waals surface area (Å²) in [5, 5.41) is 0.505. The van der Waals surface area contributed by atoms with Gasteiger partial charge in [-0.3, -0.25) is 9.69 Å². The number of benzene rings is 2. The fourth-order valence-electron chi connectivity index (χ4n) is 3.04. The molecule has 1 unspecified atom stereocenters. The Balaban J connectivity index is 1.75. The second kappa shape index (κ2) is 7.58. The SMILES string of the molecule is O=C(c1ccccc1I)N(CC1CCCO1)c1nc2c(F)cccc2s1. The van der Waals surface area contributed by atoms with E-state index in [1.807, 2.05) is 24.3 Å². The zero-order valence-electron chi connectivity index (χ0n) is 13.8. The Morgan fingerprint density at radius 3 is 2.88 bits per heavy atom. The summed E-state index contributed by atoms with van der Waals surface area (Å²) in [5.74, 6) is -0.506. The fourth-order valence-corrected chi connectivity index (χ4v) is 4.64. The van der Waals surface area contributed by atoms with Crippen molar-refractivity contribution in [2.24, 2.45) is 0 Å². The zero-order valence-corrected chi connectivity index (χ0v) is 16.8. The van der Waals surface area contributed by atoms with Gasteiger partial charge in [-0.15, -0.1) is 0 Å². The molecule has 0 bridgehead atoms. The number of nitrogens with zero attached hydrogens (tertiary/aromatic N) is 2. The van der Waals surface area contributed by atoms with E-state index in [2.05, 4.69) is 27.6 Å². The topological polar surface area (TPSA) is 42.4 Å². The number of thiazole rings is 1. The van der Waals surface area contributed by atoms with Crippen LogP contribution in [0.5, 0.6) is 0 Å². The Labute approximate surface area is 168 Å². The van der Waals surface area contributed by atoms with Crippen molar-refractivity contribution in [1.82, 2.24) is 4.98 Å². The van der Waals surface area contributed by atoms with Crippen LogP contribution in [0.15, 0.2) is 42.5 Å². The second-order valence-corrected chi connectivity index (χ2v) is 8.28. The molecule has 1 saturated heterocycles. The maximum absolute atomic E-state index is 14.1. The van der Waals surface area contributed by atoms with Crippen LogP contribution in [0.4, 0.5) is 9.52 Å². The average molecular weight is 482 g/mol. The van der Waals surface area contributed by atoms with Gasteiger partial charge in [-0.2, -0.15) is 0 Å². The van der Waals surface area contributed by atoms with E-state index in [4.69, 9.17) is 4.74 Å². The van der Waals surface area contributed by atoms with Crippen LogP contribution in [-0.2, 0) is 4.74 Å². The molecule has 0 saturated carbocycles. The van der Waals surface area contributed by atoms with Crippen molar-refractivity contribution >= 4 is 55.2 Å². The third-order valence-corrected chi connectivity index (χ3v) is 6.33. The van der Waals surface area contributed by atoms with Gasteiger partial charge >= 0.3 is 0 Å². The first-order chi connectivity index (χ1) is 12.6. The normalized spacial score (nSPS) is 16.9. The highest BCUT2D eigenvalue weighted by atomic mass is 127. The largest absolute Gasteiger partial charge is 0.376 e. The lowest BCUT2D eigenvalue weighted by atomic mass is 10.2. The summed E-state index contributed by atoms with van der Waals surface area (Å²) in [5.41, 5.74) is 0.922. The van der Waals surface area contributed by atoms with E-state index in [0.29, 0.717) is 29.4 Å². The first-order valence-electron chi connectivity index (χ1n) is 8.36. The quantitative estimate of drug-likeness (QED) is 0.499. The van der Waals surface area contributed by atoms with Gasteiger partial charge in [0.05, 0.1) is 22.9 Å². The molecule has 1 aliphatic heterocycles. The van der Waals surface area contributed by atoms with Gasteiger partial charge in [0.15, 0.2) is 5.13 Å². The summed E-state index contributed by atoms with van der Waals surface area (Å²) in [7, 11) is 0. The number of anilines is 1. The highest BCUT2D eigenvalue weighted by Gasteiger charge is 2.28. The van der Waals surface area contributed by atoms with Crippen LogP contribution in [0.1, 0.15) is 23.2 Å². The van der Waals surface area contributed by atoms with Crippen molar-refractivity contribution in [3.63, 3.8) is 0 Å². The summed E-state index contributed by atoms with van der Waals surface area (Å²) in [4.78, 5) is 19.3. The van der Waals surface area contributed by atoms with E-state index in [1.165, 1.54) is 17.4 Å². The number of ether oxygens (including phenoxy) is 1. The lowest BCUT2D eigenvalue weighted by molar-refractivity contribution is 0.0916. The van der Waals surface area contributed by atoms with Crippen LogP contribution in [0.3, 0.4) is 0 Å². The molecule has 0 spiro atoms. The van der Waals surface area contributed by atoms with E-state index < -0.39 is 0 Å². The number of halogens is 2.